The molecule has 0 amide bonds. The highest BCUT2D eigenvalue weighted by Gasteiger charge is 2.32. The summed E-state index contributed by atoms with van der Waals surface area (Å²) in [6.07, 6.45) is 6.67. The number of rotatable bonds is 5. The maximum atomic E-state index is 10.9. The fourth-order valence-corrected chi connectivity index (χ4v) is 3.27. The Labute approximate surface area is 109 Å². The van der Waals surface area contributed by atoms with E-state index >= 15 is 0 Å². The quantitative estimate of drug-likeness (QED) is 0.783. The van der Waals surface area contributed by atoms with Crippen molar-refractivity contribution >= 4 is 11.6 Å². The summed E-state index contributed by atoms with van der Waals surface area (Å²) in [7, 11) is 0. The highest BCUT2D eigenvalue weighted by molar-refractivity contribution is 6.17. The van der Waals surface area contributed by atoms with E-state index in [9.17, 15) is 5.11 Å². The van der Waals surface area contributed by atoms with Gasteiger partial charge in [0.1, 0.15) is 0 Å². The zero-order valence-electron chi connectivity index (χ0n) is 10.2. The van der Waals surface area contributed by atoms with E-state index in [0.717, 1.165) is 12.0 Å². The Balaban J connectivity index is 2.13. The summed E-state index contributed by atoms with van der Waals surface area (Å²) >= 11 is 5.86. The third-order valence-electron chi connectivity index (χ3n) is 3.92. The Hall–Kier alpha value is -0.530. The second-order valence-electron chi connectivity index (χ2n) is 5.19. The summed E-state index contributed by atoms with van der Waals surface area (Å²) in [6.45, 7) is 0. The van der Waals surface area contributed by atoms with E-state index in [4.69, 9.17) is 11.6 Å². The zero-order valence-corrected chi connectivity index (χ0v) is 11.0. The molecule has 17 heavy (non-hydrogen) atoms. The highest BCUT2D eigenvalue weighted by atomic mass is 35.5. The van der Waals surface area contributed by atoms with Crippen molar-refractivity contribution in [1.29, 1.82) is 0 Å². The Morgan fingerprint density at radius 2 is 1.82 bits per heavy atom. The molecule has 1 unspecified atom stereocenters. The molecule has 0 saturated heterocycles. The van der Waals surface area contributed by atoms with E-state index in [2.05, 4.69) is 0 Å². The summed E-state index contributed by atoms with van der Waals surface area (Å²) in [6, 6.07) is 10.00. The standard InChI is InChI=1S/C15H21ClO/c16-11-10-15(17,12-13-6-4-5-7-13)14-8-2-1-3-9-14/h1-3,8-9,13,17H,4-7,10-12H2. The average Bonchev–Trinajstić information content (AvgIpc) is 2.83. The van der Waals surface area contributed by atoms with Crippen LogP contribution in [0, 0.1) is 5.92 Å². The van der Waals surface area contributed by atoms with Gasteiger partial charge in [-0.3, -0.25) is 0 Å². The second kappa shape index (κ2) is 5.88. The molecule has 1 atom stereocenters. The van der Waals surface area contributed by atoms with Crippen molar-refractivity contribution in [3.63, 3.8) is 0 Å². The van der Waals surface area contributed by atoms with Crippen molar-refractivity contribution in [2.45, 2.75) is 44.1 Å². The van der Waals surface area contributed by atoms with Gasteiger partial charge in [-0.1, -0.05) is 56.0 Å². The molecule has 0 spiro atoms. The fraction of sp³-hybridized carbons (Fsp3) is 0.600. The first kappa shape index (κ1) is 12.9. The van der Waals surface area contributed by atoms with Gasteiger partial charge in [0.15, 0.2) is 0 Å². The smallest absolute Gasteiger partial charge is 0.0910 e. The van der Waals surface area contributed by atoms with E-state index in [-0.39, 0.29) is 0 Å². The van der Waals surface area contributed by atoms with Crippen molar-refractivity contribution in [3.05, 3.63) is 35.9 Å². The molecule has 1 aliphatic carbocycles. The lowest BCUT2D eigenvalue weighted by Gasteiger charge is -2.31. The average molecular weight is 253 g/mol. The van der Waals surface area contributed by atoms with E-state index in [1.165, 1.54) is 25.7 Å². The summed E-state index contributed by atoms with van der Waals surface area (Å²) in [5.74, 6) is 1.18. The van der Waals surface area contributed by atoms with Crippen LogP contribution in [0.15, 0.2) is 30.3 Å². The Bertz CT molecular complexity index is 332. The molecular formula is C15H21ClO. The van der Waals surface area contributed by atoms with Crippen LogP contribution < -0.4 is 0 Å². The Morgan fingerprint density at radius 3 is 2.41 bits per heavy atom. The first-order valence-electron chi connectivity index (χ1n) is 6.58. The number of alkyl halides is 1. The topological polar surface area (TPSA) is 20.2 Å². The summed E-state index contributed by atoms with van der Waals surface area (Å²) < 4.78 is 0. The van der Waals surface area contributed by atoms with Crippen LogP contribution in [0.25, 0.3) is 0 Å². The SMILES string of the molecule is OC(CCCl)(CC1CCCC1)c1ccccc1. The number of halogens is 1. The molecule has 1 saturated carbocycles. The van der Waals surface area contributed by atoms with E-state index in [1.54, 1.807) is 0 Å². The third-order valence-corrected chi connectivity index (χ3v) is 4.11. The molecule has 1 aliphatic rings. The summed E-state index contributed by atoms with van der Waals surface area (Å²) in [5.41, 5.74) is 0.297. The Morgan fingerprint density at radius 1 is 1.18 bits per heavy atom. The first-order valence-corrected chi connectivity index (χ1v) is 7.12. The van der Waals surface area contributed by atoms with Gasteiger partial charge in [0, 0.05) is 5.88 Å². The fourth-order valence-electron chi connectivity index (χ4n) is 2.96. The largest absolute Gasteiger partial charge is 0.385 e. The van der Waals surface area contributed by atoms with Gasteiger partial charge in [0.2, 0.25) is 0 Å². The van der Waals surface area contributed by atoms with Crippen molar-refractivity contribution < 1.29 is 5.11 Å². The molecule has 1 fully saturated rings. The molecule has 2 rings (SSSR count). The van der Waals surface area contributed by atoms with Gasteiger partial charge >= 0.3 is 0 Å². The zero-order chi connectivity index (χ0) is 12.1. The maximum Gasteiger partial charge on any atom is 0.0910 e. The highest BCUT2D eigenvalue weighted by Crippen LogP contribution is 2.38. The van der Waals surface area contributed by atoms with Gasteiger partial charge in [0.25, 0.3) is 0 Å². The van der Waals surface area contributed by atoms with Gasteiger partial charge in [-0.15, -0.1) is 11.6 Å². The van der Waals surface area contributed by atoms with Gasteiger partial charge in [-0.2, -0.15) is 0 Å². The van der Waals surface area contributed by atoms with Gasteiger partial charge in [-0.25, -0.2) is 0 Å². The Kier molecular flexibility index (Phi) is 4.47. The molecule has 2 heteroatoms. The lowest BCUT2D eigenvalue weighted by Crippen LogP contribution is -2.29. The van der Waals surface area contributed by atoms with Gasteiger partial charge in [0.05, 0.1) is 5.60 Å². The number of hydrogen-bond acceptors (Lipinski definition) is 1. The van der Waals surface area contributed by atoms with Gasteiger partial charge in [-0.05, 0) is 24.3 Å². The second-order valence-corrected chi connectivity index (χ2v) is 5.57. The van der Waals surface area contributed by atoms with Crippen LogP contribution in [0.5, 0.6) is 0 Å². The van der Waals surface area contributed by atoms with Crippen LogP contribution in [-0.4, -0.2) is 11.0 Å². The first-order chi connectivity index (χ1) is 8.24. The molecule has 0 bridgehead atoms. The molecule has 1 aromatic rings. The van der Waals surface area contributed by atoms with E-state index < -0.39 is 5.60 Å². The van der Waals surface area contributed by atoms with Crippen LogP contribution in [0.2, 0.25) is 0 Å². The maximum absolute atomic E-state index is 10.9. The minimum Gasteiger partial charge on any atom is -0.385 e. The lowest BCUT2D eigenvalue weighted by atomic mass is 9.82. The molecule has 0 aromatic heterocycles. The van der Waals surface area contributed by atoms with Crippen molar-refractivity contribution in [1.82, 2.24) is 0 Å². The predicted molar refractivity (Wildman–Crippen MR) is 72.3 cm³/mol. The van der Waals surface area contributed by atoms with Crippen LogP contribution >= 0.6 is 11.6 Å². The summed E-state index contributed by atoms with van der Waals surface area (Å²) in [4.78, 5) is 0. The van der Waals surface area contributed by atoms with Crippen LogP contribution in [0.3, 0.4) is 0 Å². The van der Waals surface area contributed by atoms with Crippen molar-refractivity contribution in [3.8, 4) is 0 Å². The molecular weight excluding hydrogens is 232 g/mol. The molecule has 1 aromatic carbocycles. The van der Waals surface area contributed by atoms with Crippen molar-refractivity contribution in [2.75, 3.05) is 5.88 Å². The molecule has 94 valence electrons. The molecule has 0 aliphatic heterocycles. The van der Waals surface area contributed by atoms with Gasteiger partial charge < -0.3 is 5.11 Å². The molecule has 0 radical (unpaired) electrons. The number of benzene rings is 1. The minimum atomic E-state index is -0.724. The summed E-state index contributed by atoms with van der Waals surface area (Å²) in [5, 5.41) is 10.9. The molecule has 1 nitrogen and oxygen atoms in total. The molecule has 1 N–H and O–H groups in total. The van der Waals surface area contributed by atoms with E-state index in [0.29, 0.717) is 18.2 Å². The lowest BCUT2D eigenvalue weighted by molar-refractivity contribution is 0.00852. The van der Waals surface area contributed by atoms with Crippen LogP contribution in [0.1, 0.15) is 44.1 Å². The van der Waals surface area contributed by atoms with E-state index in [1.807, 2.05) is 30.3 Å². The van der Waals surface area contributed by atoms with Crippen molar-refractivity contribution in [2.24, 2.45) is 5.92 Å². The number of aliphatic hydroxyl groups is 1. The van der Waals surface area contributed by atoms with Crippen LogP contribution in [-0.2, 0) is 5.60 Å². The third kappa shape index (κ3) is 3.23. The minimum absolute atomic E-state index is 0.512. The molecule has 0 heterocycles. The number of hydrogen-bond donors (Lipinski definition) is 1. The monoisotopic (exact) mass is 252 g/mol. The normalized spacial score (nSPS) is 20.4. The predicted octanol–water partition coefficient (Wildman–Crippen LogP) is 4.08. The van der Waals surface area contributed by atoms with Crippen LogP contribution in [0.4, 0.5) is 0 Å².